The summed E-state index contributed by atoms with van der Waals surface area (Å²) in [6.07, 6.45) is 6.57. The lowest BCUT2D eigenvalue weighted by Gasteiger charge is -2.00. The number of carbonyl (C=O) groups is 5. The number of hydrogen-bond acceptors (Lipinski definition) is 5. The van der Waals surface area contributed by atoms with Crippen molar-refractivity contribution >= 4 is 29.1 Å². The van der Waals surface area contributed by atoms with Crippen molar-refractivity contribution < 1.29 is 29.1 Å². The van der Waals surface area contributed by atoms with Gasteiger partial charge in [-0.3, -0.25) is 19.2 Å². The first-order valence-corrected chi connectivity index (χ1v) is 6.80. The maximum atomic E-state index is 11.3. The van der Waals surface area contributed by atoms with Gasteiger partial charge in [0.25, 0.3) is 11.6 Å². The van der Waals surface area contributed by atoms with E-state index in [0.717, 1.165) is 32.1 Å². The van der Waals surface area contributed by atoms with E-state index in [2.05, 4.69) is 6.92 Å². The standard InChI is InChI=1S/C14H20O6/c1-2-3-4-5-6-7-8-9-10(15)11(16)12(17)13(18)14(19)20/h2-9H2,1H3,(H,19,20). The third kappa shape index (κ3) is 6.92. The van der Waals surface area contributed by atoms with E-state index in [1.165, 1.54) is 6.42 Å². The van der Waals surface area contributed by atoms with E-state index in [-0.39, 0.29) is 6.42 Å². The maximum absolute atomic E-state index is 11.3. The second-order valence-corrected chi connectivity index (χ2v) is 4.59. The van der Waals surface area contributed by atoms with Crippen LogP contribution in [0.25, 0.3) is 0 Å². The summed E-state index contributed by atoms with van der Waals surface area (Å²) in [7, 11) is 0. The van der Waals surface area contributed by atoms with Crippen molar-refractivity contribution in [1.29, 1.82) is 0 Å². The lowest BCUT2D eigenvalue weighted by molar-refractivity contribution is -0.156. The molecule has 20 heavy (non-hydrogen) atoms. The summed E-state index contributed by atoms with van der Waals surface area (Å²) in [6, 6.07) is 0. The Kier molecular flexibility index (Phi) is 9.07. The zero-order chi connectivity index (χ0) is 15.5. The van der Waals surface area contributed by atoms with Crippen molar-refractivity contribution in [2.24, 2.45) is 0 Å². The van der Waals surface area contributed by atoms with Crippen molar-refractivity contribution in [3.8, 4) is 0 Å². The molecule has 0 radical (unpaired) electrons. The second-order valence-electron chi connectivity index (χ2n) is 4.59. The molecular weight excluding hydrogens is 264 g/mol. The van der Waals surface area contributed by atoms with Crippen LogP contribution in [0.4, 0.5) is 0 Å². The van der Waals surface area contributed by atoms with Gasteiger partial charge in [-0.05, 0) is 6.42 Å². The zero-order valence-electron chi connectivity index (χ0n) is 11.6. The van der Waals surface area contributed by atoms with Gasteiger partial charge in [0.2, 0.25) is 5.78 Å². The van der Waals surface area contributed by atoms with Gasteiger partial charge in [-0.25, -0.2) is 4.79 Å². The van der Waals surface area contributed by atoms with Crippen LogP contribution in [0.15, 0.2) is 0 Å². The highest BCUT2D eigenvalue weighted by Crippen LogP contribution is 2.08. The maximum Gasteiger partial charge on any atom is 0.380 e. The topological polar surface area (TPSA) is 106 Å². The van der Waals surface area contributed by atoms with E-state index >= 15 is 0 Å². The Bertz CT molecular complexity index is 396. The van der Waals surface area contributed by atoms with Crippen LogP contribution in [0.5, 0.6) is 0 Å². The first-order chi connectivity index (χ1) is 9.41. The molecule has 0 aromatic carbocycles. The van der Waals surface area contributed by atoms with Gasteiger partial charge in [0.1, 0.15) is 0 Å². The van der Waals surface area contributed by atoms with Crippen LogP contribution in [0, 0.1) is 0 Å². The molecule has 0 rings (SSSR count). The van der Waals surface area contributed by atoms with Crippen LogP contribution >= 0.6 is 0 Å². The molecule has 0 bridgehead atoms. The Morgan fingerprint density at radius 3 is 1.70 bits per heavy atom. The van der Waals surface area contributed by atoms with Crippen LogP contribution < -0.4 is 0 Å². The minimum Gasteiger partial charge on any atom is -0.475 e. The summed E-state index contributed by atoms with van der Waals surface area (Å²) in [5.74, 6) is -8.15. The smallest absolute Gasteiger partial charge is 0.380 e. The van der Waals surface area contributed by atoms with Crippen LogP contribution in [-0.2, 0) is 24.0 Å². The van der Waals surface area contributed by atoms with Crippen LogP contribution in [0.3, 0.4) is 0 Å². The number of hydrogen-bond donors (Lipinski definition) is 1. The lowest BCUT2D eigenvalue weighted by Crippen LogP contribution is -2.34. The largest absolute Gasteiger partial charge is 0.475 e. The Balaban J connectivity index is 3.92. The summed E-state index contributed by atoms with van der Waals surface area (Å²) < 4.78 is 0. The molecule has 1 N–H and O–H groups in total. The SMILES string of the molecule is CCCCCCCCCC(=O)C(=O)C(=O)C(=O)C(=O)O. The van der Waals surface area contributed by atoms with Crippen molar-refractivity contribution in [2.75, 3.05) is 0 Å². The Morgan fingerprint density at radius 1 is 0.700 bits per heavy atom. The average molecular weight is 284 g/mol. The van der Waals surface area contributed by atoms with Gasteiger partial charge < -0.3 is 5.11 Å². The molecule has 0 aliphatic carbocycles. The van der Waals surface area contributed by atoms with Gasteiger partial charge in [-0.1, -0.05) is 45.4 Å². The number of aliphatic carboxylic acids is 1. The molecular formula is C14H20O6. The summed E-state index contributed by atoms with van der Waals surface area (Å²) >= 11 is 0. The molecule has 0 saturated carbocycles. The molecule has 0 aliphatic rings. The van der Waals surface area contributed by atoms with Gasteiger partial charge in [-0.15, -0.1) is 0 Å². The average Bonchev–Trinajstić information content (AvgIpc) is 2.43. The monoisotopic (exact) mass is 284 g/mol. The summed E-state index contributed by atoms with van der Waals surface area (Å²) in [4.78, 5) is 54.5. The molecule has 6 nitrogen and oxygen atoms in total. The highest BCUT2D eigenvalue weighted by Gasteiger charge is 2.32. The van der Waals surface area contributed by atoms with E-state index in [9.17, 15) is 24.0 Å². The minimum atomic E-state index is -2.02. The van der Waals surface area contributed by atoms with E-state index in [1.54, 1.807) is 0 Å². The van der Waals surface area contributed by atoms with Gasteiger partial charge in [0.15, 0.2) is 0 Å². The fourth-order valence-electron chi connectivity index (χ4n) is 1.68. The number of carboxylic acid groups (broad SMARTS) is 1. The third-order valence-electron chi connectivity index (χ3n) is 2.87. The predicted molar refractivity (Wildman–Crippen MR) is 70.3 cm³/mol. The molecule has 0 aromatic rings. The highest BCUT2D eigenvalue weighted by atomic mass is 16.4. The van der Waals surface area contributed by atoms with E-state index in [1.807, 2.05) is 0 Å². The molecule has 6 heteroatoms. The predicted octanol–water partition coefficient (Wildman–Crippen LogP) is 1.49. The zero-order valence-corrected chi connectivity index (χ0v) is 11.6. The molecule has 0 fully saturated rings. The molecule has 0 spiro atoms. The van der Waals surface area contributed by atoms with Gasteiger partial charge in [0.05, 0.1) is 0 Å². The van der Waals surface area contributed by atoms with Crippen molar-refractivity contribution in [1.82, 2.24) is 0 Å². The van der Waals surface area contributed by atoms with Gasteiger partial charge in [-0.2, -0.15) is 0 Å². The number of carbonyl (C=O) groups excluding carboxylic acids is 4. The van der Waals surface area contributed by atoms with Gasteiger partial charge in [0, 0.05) is 6.42 Å². The molecule has 0 aromatic heterocycles. The van der Waals surface area contributed by atoms with E-state index < -0.39 is 29.1 Å². The Labute approximate surface area is 117 Å². The van der Waals surface area contributed by atoms with Gasteiger partial charge >= 0.3 is 11.8 Å². The van der Waals surface area contributed by atoms with Crippen molar-refractivity contribution in [2.45, 2.75) is 58.3 Å². The van der Waals surface area contributed by atoms with Crippen molar-refractivity contribution in [3.05, 3.63) is 0 Å². The van der Waals surface area contributed by atoms with Crippen LogP contribution in [-0.4, -0.2) is 34.2 Å². The fraction of sp³-hybridized carbons (Fsp3) is 0.643. The third-order valence-corrected chi connectivity index (χ3v) is 2.87. The molecule has 0 atom stereocenters. The summed E-state index contributed by atoms with van der Waals surface area (Å²) in [5, 5.41) is 8.27. The first-order valence-electron chi connectivity index (χ1n) is 6.80. The molecule has 0 aliphatic heterocycles. The van der Waals surface area contributed by atoms with Crippen molar-refractivity contribution in [3.63, 3.8) is 0 Å². The Morgan fingerprint density at radius 2 is 1.20 bits per heavy atom. The molecule has 0 unspecified atom stereocenters. The number of carboxylic acids is 1. The molecule has 0 amide bonds. The fourth-order valence-corrected chi connectivity index (χ4v) is 1.68. The van der Waals surface area contributed by atoms with E-state index in [4.69, 9.17) is 5.11 Å². The Hall–Kier alpha value is -1.85. The molecule has 112 valence electrons. The van der Waals surface area contributed by atoms with Crippen LogP contribution in [0.2, 0.25) is 0 Å². The highest BCUT2D eigenvalue weighted by molar-refractivity contribution is 6.85. The number of rotatable bonds is 12. The quantitative estimate of drug-likeness (QED) is 0.330. The molecule has 0 heterocycles. The molecule has 0 saturated heterocycles. The van der Waals surface area contributed by atoms with E-state index in [0.29, 0.717) is 6.42 Å². The number of Topliss-reactive ketones (excluding diaryl/α,β-unsaturated/α-hetero) is 4. The number of ketones is 4. The number of unbranched alkanes of at least 4 members (excludes halogenated alkanes) is 6. The summed E-state index contributed by atoms with van der Waals surface area (Å²) in [5.41, 5.74) is 0. The summed E-state index contributed by atoms with van der Waals surface area (Å²) in [6.45, 7) is 2.11. The second kappa shape index (κ2) is 10.00. The lowest BCUT2D eigenvalue weighted by atomic mass is 10.0. The normalized spacial score (nSPS) is 10.1. The van der Waals surface area contributed by atoms with Crippen LogP contribution in [0.1, 0.15) is 58.3 Å². The first kappa shape index (κ1) is 18.1. The minimum absolute atomic E-state index is 0.120.